The molecule has 9 heteroatoms. The predicted molar refractivity (Wildman–Crippen MR) is 185 cm³/mol. The van der Waals surface area contributed by atoms with Crippen molar-refractivity contribution in [1.82, 2.24) is 30.6 Å². The minimum atomic E-state index is 0.0356. The van der Waals surface area contributed by atoms with Crippen LogP contribution in [0.15, 0.2) is 104 Å². The zero-order chi connectivity index (χ0) is 33.6. The van der Waals surface area contributed by atoms with Crippen LogP contribution in [0.5, 0.6) is 0 Å². The summed E-state index contributed by atoms with van der Waals surface area (Å²) in [6.07, 6.45) is 0. The molecular formula is C39H36N6O3. The minimum absolute atomic E-state index is 0.0356. The Morgan fingerprint density at radius 3 is 0.875 bits per heavy atom. The quantitative estimate of drug-likeness (QED) is 0.176. The highest BCUT2D eigenvalue weighted by atomic mass is 16.4. The maximum Gasteiger partial charge on any atom is 0.248 e. The SMILES string of the molecule is Cc1ccc(-c2nnc(-c3cc(-c4nnc(-c5ccc(C(C)(C)C)cc5)o4)cc(-c4nnc(-c5ccc(C(C)(C)C)cc5)o4)c3)o2)cc1. The Hall–Kier alpha value is -5.70. The predicted octanol–water partition coefficient (Wildman–Crippen LogP) is 9.74. The number of hydrogen-bond donors (Lipinski definition) is 0. The van der Waals surface area contributed by atoms with Crippen LogP contribution in [0.2, 0.25) is 0 Å². The lowest BCUT2D eigenvalue weighted by Crippen LogP contribution is -2.10. The largest absolute Gasteiger partial charge is 0.416 e. The monoisotopic (exact) mass is 636 g/mol. The van der Waals surface area contributed by atoms with E-state index in [0.29, 0.717) is 52.0 Å². The van der Waals surface area contributed by atoms with Gasteiger partial charge < -0.3 is 13.3 Å². The van der Waals surface area contributed by atoms with Crippen molar-refractivity contribution < 1.29 is 13.3 Å². The van der Waals surface area contributed by atoms with Gasteiger partial charge in [0, 0.05) is 33.4 Å². The highest BCUT2D eigenvalue weighted by molar-refractivity contribution is 5.74. The molecule has 3 aromatic heterocycles. The highest BCUT2D eigenvalue weighted by Gasteiger charge is 2.21. The zero-order valence-corrected chi connectivity index (χ0v) is 28.1. The van der Waals surface area contributed by atoms with E-state index < -0.39 is 0 Å². The molecule has 4 aromatic carbocycles. The van der Waals surface area contributed by atoms with Crippen LogP contribution in [0.4, 0.5) is 0 Å². The fourth-order valence-electron chi connectivity index (χ4n) is 5.29. The number of aryl methyl sites for hydroxylation is 1. The van der Waals surface area contributed by atoms with Gasteiger partial charge in [0.05, 0.1) is 0 Å². The van der Waals surface area contributed by atoms with Gasteiger partial charge >= 0.3 is 0 Å². The molecule has 0 atom stereocenters. The summed E-state index contributed by atoms with van der Waals surface area (Å²) in [7, 11) is 0. The molecule has 0 unspecified atom stereocenters. The smallest absolute Gasteiger partial charge is 0.248 e. The lowest BCUT2D eigenvalue weighted by atomic mass is 9.87. The van der Waals surface area contributed by atoms with Crippen molar-refractivity contribution >= 4 is 0 Å². The average molecular weight is 637 g/mol. The van der Waals surface area contributed by atoms with Crippen molar-refractivity contribution in [3.63, 3.8) is 0 Å². The van der Waals surface area contributed by atoms with Crippen molar-refractivity contribution in [2.75, 3.05) is 0 Å². The second-order valence-corrected chi connectivity index (χ2v) is 14.1. The molecule has 240 valence electrons. The van der Waals surface area contributed by atoms with E-state index in [1.807, 2.05) is 73.7 Å². The topological polar surface area (TPSA) is 117 Å². The molecule has 9 nitrogen and oxygen atoms in total. The van der Waals surface area contributed by atoms with Crippen molar-refractivity contribution in [3.05, 3.63) is 108 Å². The molecule has 0 aliphatic heterocycles. The van der Waals surface area contributed by atoms with Crippen LogP contribution in [0.3, 0.4) is 0 Å². The molecule has 0 N–H and O–H groups in total. The molecule has 48 heavy (non-hydrogen) atoms. The van der Waals surface area contributed by atoms with Crippen LogP contribution in [-0.2, 0) is 10.8 Å². The molecule has 0 aliphatic carbocycles. The molecule has 0 fully saturated rings. The summed E-state index contributed by atoms with van der Waals surface area (Å²) in [4.78, 5) is 0. The van der Waals surface area contributed by atoms with Gasteiger partial charge in [-0.2, -0.15) is 0 Å². The summed E-state index contributed by atoms with van der Waals surface area (Å²) >= 11 is 0. The summed E-state index contributed by atoms with van der Waals surface area (Å²) in [6, 6.07) is 29.9. The lowest BCUT2D eigenvalue weighted by Gasteiger charge is -2.18. The van der Waals surface area contributed by atoms with E-state index in [9.17, 15) is 0 Å². The molecule has 0 bridgehead atoms. The summed E-state index contributed by atoms with van der Waals surface area (Å²) in [5, 5.41) is 26.2. The van der Waals surface area contributed by atoms with Gasteiger partial charge in [0.15, 0.2) is 0 Å². The Balaban J connectivity index is 1.27. The Kier molecular flexibility index (Phi) is 7.62. The molecule has 0 saturated heterocycles. The second-order valence-electron chi connectivity index (χ2n) is 14.1. The van der Waals surface area contributed by atoms with Gasteiger partial charge in [0.2, 0.25) is 35.3 Å². The van der Waals surface area contributed by atoms with Crippen LogP contribution >= 0.6 is 0 Å². The number of aromatic nitrogens is 6. The van der Waals surface area contributed by atoms with Gasteiger partial charge in [0.25, 0.3) is 0 Å². The number of benzene rings is 4. The van der Waals surface area contributed by atoms with Crippen molar-refractivity contribution in [3.8, 4) is 68.7 Å². The first-order valence-electron chi connectivity index (χ1n) is 15.9. The Morgan fingerprint density at radius 2 is 0.604 bits per heavy atom. The Labute approximate surface area is 279 Å². The fourth-order valence-corrected chi connectivity index (χ4v) is 5.29. The van der Waals surface area contributed by atoms with E-state index in [-0.39, 0.29) is 10.8 Å². The van der Waals surface area contributed by atoms with Crippen LogP contribution in [0.1, 0.15) is 58.2 Å². The normalized spacial score (nSPS) is 12.1. The average Bonchev–Trinajstić information content (AvgIpc) is 3.86. The van der Waals surface area contributed by atoms with Gasteiger partial charge in [0.1, 0.15) is 0 Å². The molecule has 0 radical (unpaired) electrons. The molecule has 0 amide bonds. The molecule has 0 saturated carbocycles. The molecular weight excluding hydrogens is 600 g/mol. The molecule has 7 aromatic rings. The third kappa shape index (κ3) is 6.31. The maximum absolute atomic E-state index is 6.21. The highest BCUT2D eigenvalue weighted by Crippen LogP contribution is 2.35. The minimum Gasteiger partial charge on any atom is -0.416 e. The standard InChI is InChI=1S/C39H36N6O3/c1-23-8-10-24(11-9-23)32-40-43-35(46-32)27-20-28(36-44-41-33(47-36)25-12-16-30(17-13-25)38(2,3)4)22-29(21-27)37-45-42-34(48-37)26-14-18-31(19-15-26)39(5,6)7/h8-22H,1-7H3. The zero-order valence-electron chi connectivity index (χ0n) is 28.1. The van der Waals surface area contributed by atoms with Gasteiger partial charge in [-0.05, 0) is 83.5 Å². The van der Waals surface area contributed by atoms with E-state index in [2.05, 4.69) is 96.4 Å². The fraction of sp³-hybridized carbons (Fsp3) is 0.231. The van der Waals surface area contributed by atoms with Crippen molar-refractivity contribution in [2.45, 2.75) is 59.3 Å². The van der Waals surface area contributed by atoms with Crippen LogP contribution in [0, 0.1) is 6.92 Å². The summed E-state index contributed by atoms with van der Waals surface area (Å²) in [5.74, 6) is 2.21. The summed E-state index contributed by atoms with van der Waals surface area (Å²) < 4.78 is 18.6. The molecule has 0 aliphatic rings. The maximum atomic E-state index is 6.21. The second kappa shape index (κ2) is 11.8. The molecule has 3 heterocycles. The third-order valence-corrected chi connectivity index (χ3v) is 8.24. The van der Waals surface area contributed by atoms with Crippen LogP contribution < -0.4 is 0 Å². The third-order valence-electron chi connectivity index (χ3n) is 8.24. The number of rotatable bonds is 6. The Bertz CT molecular complexity index is 2080. The summed E-state index contributed by atoms with van der Waals surface area (Å²) in [5.41, 5.74) is 8.05. The number of hydrogen-bond acceptors (Lipinski definition) is 9. The first-order valence-corrected chi connectivity index (χ1v) is 15.9. The lowest BCUT2D eigenvalue weighted by molar-refractivity contribution is 0.579. The van der Waals surface area contributed by atoms with Gasteiger partial charge in [-0.25, -0.2) is 0 Å². The van der Waals surface area contributed by atoms with E-state index in [0.717, 1.165) is 22.3 Å². The van der Waals surface area contributed by atoms with Crippen LogP contribution in [0.25, 0.3) is 68.7 Å². The van der Waals surface area contributed by atoms with Gasteiger partial charge in [-0.15, -0.1) is 30.6 Å². The van der Waals surface area contributed by atoms with E-state index >= 15 is 0 Å². The molecule has 0 spiro atoms. The first kappa shape index (κ1) is 30.9. The van der Waals surface area contributed by atoms with E-state index in [1.54, 1.807) is 0 Å². The van der Waals surface area contributed by atoms with E-state index in [1.165, 1.54) is 11.1 Å². The van der Waals surface area contributed by atoms with Crippen molar-refractivity contribution in [2.24, 2.45) is 0 Å². The molecule has 7 rings (SSSR count). The van der Waals surface area contributed by atoms with E-state index in [4.69, 9.17) is 13.3 Å². The van der Waals surface area contributed by atoms with Gasteiger partial charge in [-0.3, -0.25) is 0 Å². The number of nitrogens with zero attached hydrogens (tertiary/aromatic N) is 6. The van der Waals surface area contributed by atoms with Crippen LogP contribution in [-0.4, -0.2) is 30.6 Å². The van der Waals surface area contributed by atoms with Gasteiger partial charge in [-0.1, -0.05) is 83.5 Å². The Morgan fingerprint density at radius 1 is 0.354 bits per heavy atom. The first-order chi connectivity index (χ1) is 22.9. The van der Waals surface area contributed by atoms with Crippen molar-refractivity contribution in [1.29, 1.82) is 0 Å². The summed E-state index contributed by atoms with van der Waals surface area (Å²) in [6.45, 7) is 15.1.